The number of hydrogen-bond acceptors (Lipinski definition) is 4. The second-order valence-electron chi connectivity index (χ2n) is 4.58. The van der Waals surface area contributed by atoms with Crippen molar-refractivity contribution in [2.45, 2.75) is 20.3 Å². The van der Waals surface area contributed by atoms with E-state index in [9.17, 15) is 4.79 Å². The molecular formula is C16H20N2O2S. The van der Waals surface area contributed by atoms with Crippen LogP contribution in [0.1, 0.15) is 34.6 Å². The van der Waals surface area contributed by atoms with Crippen LogP contribution in [0.25, 0.3) is 0 Å². The Morgan fingerprint density at radius 3 is 2.76 bits per heavy atom. The number of amides is 1. The first-order valence-electron chi connectivity index (χ1n) is 7.04. The molecule has 2 heterocycles. The molecule has 0 aliphatic heterocycles. The van der Waals surface area contributed by atoms with Crippen LogP contribution in [0.5, 0.6) is 5.88 Å². The summed E-state index contributed by atoms with van der Waals surface area (Å²) in [5.41, 5.74) is 1.78. The Morgan fingerprint density at radius 1 is 1.33 bits per heavy atom. The van der Waals surface area contributed by atoms with Gasteiger partial charge in [-0.3, -0.25) is 4.79 Å². The lowest BCUT2D eigenvalue weighted by molar-refractivity contribution is 0.0772. The van der Waals surface area contributed by atoms with Gasteiger partial charge in [-0.25, -0.2) is 4.98 Å². The number of rotatable bonds is 6. The van der Waals surface area contributed by atoms with Crippen molar-refractivity contribution in [2.75, 3.05) is 20.2 Å². The highest BCUT2D eigenvalue weighted by Crippen LogP contribution is 2.25. The van der Waals surface area contributed by atoms with Crippen LogP contribution in [0.15, 0.2) is 29.8 Å². The summed E-state index contributed by atoms with van der Waals surface area (Å²) in [4.78, 5) is 19.6. The molecule has 0 unspecified atom stereocenters. The van der Waals surface area contributed by atoms with Crippen LogP contribution in [0, 0.1) is 0 Å². The lowest BCUT2D eigenvalue weighted by Gasteiger charge is -2.18. The van der Waals surface area contributed by atoms with Gasteiger partial charge in [0.1, 0.15) is 0 Å². The maximum atomic E-state index is 12.5. The molecule has 112 valence electrons. The molecule has 0 spiro atoms. The molecule has 0 aliphatic rings. The van der Waals surface area contributed by atoms with Crippen molar-refractivity contribution in [2.24, 2.45) is 0 Å². The zero-order chi connectivity index (χ0) is 15.2. The average Bonchev–Trinajstić information content (AvgIpc) is 2.97. The maximum Gasteiger partial charge on any atom is 0.254 e. The van der Waals surface area contributed by atoms with Crippen molar-refractivity contribution in [1.29, 1.82) is 0 Å². The summed E-state index contributed by atoms with van der Waals surface area (Å²) in [5.74, 6) is 0.714. The summed E-state index contributed by atoms with van der Waals surface area (Å²) in [6.07, 6.45) is 2.37. The zero-order valence-electron chi connectivity index (χ0n) is 12.6. The molecule has 0 saturated carbocycles. The lowest BCUT2D eigenvalue weighted by atomic mass is 10.1. The number of nitrogens with zero attached hydrogens (tertiary/aromatic N) is 2. The van der Waals surface area contributed by atoms with Gasteiger partial charge in [0.2, 0.25) is 5.88 Å². The Kier molecular flexibility index (Phi) is 5.33. The van der Waals surface area contributed by atoms with E-state index in [2.05, 4.69) is 4.98 Å². The third-order valence-electron chi connectivity index (χ3n) is 3.42. The Bertz CT molecular complexity index is 606. The SMILES string of the molecule is CCN(CC)C(=O)c1ccsc1Cc1cccnc1OC. The quantitative estimate of drug-likeness (QED) is 0.823. The van der Waals surface area contributed by atoms with Crippen LogP contribution < -0.4 is 4.74 Å². The van der Waals surface area contributed by atoms with Gasteiger partial charge in [0.05, 0.1) is 12.7 Å². The molecular weight excluding hydrogens is 284 g/mol. The second kappa shape index (κ2) is 7.22. The minimum atomic E-state index is 0.0964. The normalized spacial score (nSPS) is 10.4. The number of hydrogen-bond donors (Lipinski definition) is 0. The predicted molar refractivity (Wildman–Crippen MR) is 85.2 cm³/mol. The monoisotopic (exact) mass is 304 g/mol. The van der Waals surface area contributed by atoms with Gasteiger partial charge < -0.3 is 9.64 Å². The lowest BCUT2D eigenvalue weighted by Crippen LogP contribution is -2.30. The van der Waals surface area contributed by atoms with Gasteiger partial charge in [0.15, 0.2) is 0 Å². The standard InChI is InChI=1S/C16H20N2O2S/c1-4-18(5-2)16(19)13-8-10-21-14(13)11-12-7-6-9-17-15(12)20-3/h6-10H,4-5,11H2,1-3H3. The second-order valence-corrected chi connectivity index (χ2v) is 5.58. The molecule has 5 heteroatoms. The fourth-order valence-corrected chi connectivity index (χ4v) is 3.15. The molecule has 0 bridgehead atoms. The number of carbonyl (C=O) groups excluding carboxylic acids is 1. The highest BCUT2D eigenvalue weighted by atomic mass is 32.1. The fourth-order valence-electron chi connectivity index (χ4n) is 2.26. The van der Waals surface area contributed by atoms with E-state index in [0.717, 1.165) is 29.1 Å². The predicted octanol–water partition coefficient (Wildman–Crippen LogP) is 3.22. The van der Waals surface area contributed by atoms with Crippen LogP contribution >= 0.6 is 11.3 Å². The molecule has 0 saturated heterocycles. The minimum Gasteiger partial charge on any atom is -0.481 e. The Hall–Kier alpha value is -1.88. The summed E-state index contributed by atoms with van der Waals surface area (Å²) in [6, 6.07) is 5.78. The molecule has 1 amide bonds. The van der Waals surface area contributed by atoms with E-state index in [1.54, 1.807) is 24.6 Å². The molecule has 0 aliphatic carbocycles. The van der Waals surface area contributed by atoms with Crippen molar-refractivity contribution in [1.82, 2.24) is 9.88 Å². The van der Waals surface area contributed by atoms with Gasteiger partial charge in [-0.15, -0.1) is 11.3 Å². The molecule has 21 heavy (non-hydrogen) atoms. The average molecular weight is 304 g/mol. The van der Waals surface area contributed by atoms with Crippen molar-refractivity contribution < 1.29 is 9.53 Å². The van der Waals surface area contributed by atoms with Gasteiger partial charge in [-0.05, 0) is 31.4 Å². The molecule has 2 aromatic heterocycles. The largest absolute Gasteiger partial charge is 0.481 e. The van der Waals surface area contributed by atoms with Crippen LogP contribution in [0.2, 0.25) is 0 Å². The Morgan fingerprint density at radius 2 is 2.10 bits per heavy atom. The van der Waals surface area contributed by atoms with E-state index in [-0.39, 0.29) is 5.91 Å². The van der Waals surface area contributed by atoms with Gasteiger partial charge >= 0.3 is 0 Å². The summed E-state index contributed by atoms with van der Waals surface area (Å²) in [6.45, 7) is 5.44. The van der Waals surface area contributed by atoms with Crippen LogP contribution in [-0.2, 0) is 6.42 Å². The third-order valence-corrected chi connectivity index (χ3v) is 4.34. The van der Waals surface area contributed by atoms with E-state index in [1.807, 2.05) is 42.3 Å². The number of ether oxygens (including phenoxy) is 1. The van der Waals surface area contributed by atoms with E-state index in [0.29, 0.717) is 12.3 Å². The molecule has 2 rings (SSSR count). The topological polar surface area (TPSA) is 42.4 Å². The molecule has 0 fully saturated rings. The smallest absolute Gasteiger partial charge is 0.254 e. The Labute approximate surface area is 129 Å². The number of thiophene rings is 1. The number of aromatic nitrogens is 1. The molecule has 4 nitrogen and oxygen atoms in total. The van der Waals surface area contributed by atoms with Gasteiger partial charge in [0, 0.05) is 36.1 Å². The molecule has 0 aromatic carbocycles. The van der Waals surface area contributed by atoms with Gasteiger partial charge in [0.25, 0.3) is 5.91 Å². The number of methoxy groups -OCH3 is 1. The third kappa shape index (κ3) is 3.42. The first-order valence-corrected chi connectivity index (χ1v) is 7.92. The minimum absolute atomic E-state index is 0.0964. The molecule has 2 aromatic rings. The first-order chi connectivity index (χ1) is 10.2. The van der Waals surface area contributed by atoms with Crippen LogP contribution in [0.4, 0.5) is 0 Å². The Balaban J connectivity index is 2.27. The summed E-state index contributed by atoms with van der Waals surface area (Å²) >= 11 is 1.60. The summed E-state index contributed by atoms with van der Waals surface area (Å²) in [5, 5.41) is 1.97. The van der Waals surface area contributed by atoms with Crippen LogP contribution in [-0.4, -0.2) is 36.0 Å². The maximum absolute atomic E-state index is 12.5. The van der Waals surface area contributed by atoms with E-state index in [4.69, 9.17) is 4.74 Å². The first kappa shape index (κ1) is 15.5. The van der Waals surface area contributed by atoms with Crippen molar-refractivity contribution >= 4 is 17.2 Å². The van der Waals surface area contributed by atoms with E-state index >= 15 is 0 Å². The zero-order valence-corrected chi connectivity index (χ0v) is 13.4. The molecule has 0 N–H and O–H groups in total. The van der Waals surface area contributed by atoms with Gasteiger partial charge in [-0.1, -0.05) is 6.07 Å². The van der Waals surface area contributed by atoms with E-state index in [1.165, 1.54) is 0 Å². The summed E-state index contributed by atoms with van der Waals surface area (Å²) in [7, 11) is 1.61. The fraction of sp³-hybridized carbons (Fsp3) is 0.375. The highest BCUT2D eigenvalue weighted by molar-refractivity contribution is 7.10. The number of pyridine rings is 1. The van der Waals surface area contributed by atoms with Crippen molar-refractivity contribution in [3.05, 3.63) is 45.8 Å². The van der Waals surface area contributed by atoms with Crippen molar-refractivity contribution in [3.8, 4) is 5.88 Å². The van der Waals surface area contributed by atoms with Crippen molar-refractivity contribution in [3.63, 3.8) is 0 Å². The van der Waals surface area contributed by atoms with Crippen LogP contribution in [0.3, 0.4) is 0 Å². The summed E-state index contributed by atoms with van der Waals surface area (Å²) < 4.78 is 5.28. The number of carbonyl (C=O) groups is 1. The molecule has 0 radical (unpaired) electrons. The highest BCUT2D eigenvalue weighted by Gasteiger charge is 2.18. The van der Waals surface area contributed by atoms with E-state index < -0.39 is 0 Å². The van der Waals surface area contributed by atoms with Gasteiger partial charge in [-0.2, -0.15) is 0 Å². The molecule has 0 atom stereocenters.